The molecular weight excluding hydrogens is 409 g/mol. The molecule has 2 aliphatic rings. The maximum Gasteiger partial charge on any atom is 0.123 e. The average molecular weight is 460 g/mol. The van der Waals surface area contributed by atoms with Crippen molar-refractivity contribution in [2.75, 3.05) is 26.7 Å². The number of nitrogens with zero attached hydrogens (tertiary/aromatic N) is 1. The number of benzene rings is 1. The molecule has 0 amide bonds. The van der Waals surface area contributed by atoms with E-state index in [0.717, 1.165) is 31.1 Å². The molecule has 3 heteroatoms. The predicted molar refractivity (Wildman–Crippen MR) is 138 cm³/mol. The fraction of sp³-hybridized carbons (Fsp3) is 0.800. The Hall–Kier alpha value is -0.930. The molecule has 1 aliphatic heterocycles. The van der Waals surface area contributed by atoms with Crippen molar-refractivity contribution in [2.24, 2.45) is 23.7 Å². The van der Waals surface area contributed by atoms with E-state index in [1.165, 1.54) is 70.1 Å². The van der Waals surface area contributed by atoms with E-state index in [-0.39, 0.29) is 11.2 Å². The zero-order valence-corrected chi connectivity index (χ0v) is 22.1. The minimum Gasteiger partial charge on any atom is -0.381 e. The zero-order chi connectivity index (χ0) is 23.8. The monoisotopic (exact) mass is 459 g/mol. The van der Waals surface area contributed by atoms with Gasteiger partial charge in [0, 0.05) is 19.1 Å². The largest absolute Gasteiger partial charge is 0.381 e. The van der Waals surface area contributed by atoms with Gasteiger partial charge in [0.25, 0.3) is 0 Å². The number of likely N-dealkylation sites (tertiary alicyclic amines) is 1. The van der Waals surface area contributed by atoms with Crippen LogP contribution in [-0.2, 0) is 10.2 Å². The van der Waals surface area contributed by atoms with Gasteiger partial charge in [0.05, 0.1) is 6.10 Å². The van der Waals surface area contributed by atoms with Crippen LogP contribution in [0, 0.1) is 29.5 Å². The lowest BCUT2D eigenvalue weighted by Gasteiger charge is -2.51. The van der Waals surface area contributed by atoms with E-state index >= 15 is 0 Å². The summed E-state index contributed by atoms with van der Waals surface area (Å²) in [5.74, 6) is 2.65. The van der Waals surface area contributed by atoms with Crippen LogP contribution in [0.15, 0.2) is 24.3 Å². The van der Waals surface area contributed by atoms with Gasteiger partial charge in [-0.2, -0.15) is 0 Å². The highest BCUT2D eigenvalue weighted by Gasteiger charge is 2.51. The summed E-state index contributed by atoms with van der Waals surface area (Å²) < 4.78 is 20.6. The van der Waals surface area contributed by atoms with Crippen molar-refractivity contribution < 1.29 is 9.13 Å². The minimum absolute atomic E-state index is 0.0288. The first-order valence-electron chi connectivity index (χ1n) is 14.0. The van der Waals surface area contributed by atoms with Crippen molar-refractivity contribution >= 4 is 0 Å². The van der Waals surface area contributed by atoms with Crippen molar-refractivity contribution in [3.8, 4) is 0 Å². The second kappa shape index (κ2) is 12.7. The highest BCUT2D eigenvalue weighted by Crippen LogP contribution is 2.53. The van der Waals surface area contributed by atoms with Gasteiger partial charge in [-0.3, -0.25) is 0 Å². The van der Waals surface area contributed by atoms with Crippen molar-refractivity contribution in [2.45, 2.75) is 103 Å². The van der Waals surface area contributed by atoms with E-state index in [4.69, 9.17) is 4.74 Å². The fourth-order valence-electron chi connectivity index (χ4n) is 7.38. The summed E-state index contributed by atoms with van der Waals surface area (Å²) >= 11 is 0. The highest BCUT2D eigenvalue weighted by molar-refractivity contribution is 5.30. The Morgan fingerprint density at radius 3 is 2.45 bits per heavy atom. The first-order valence-corrected chi connectivity index (χ1v) is 14.0. The van der Waals surface area contributed by atoms with Gasteiger partial charge in [0.1, 0.15) is 5.82 Å². The van der Waals surface area contributed by atoms with Crippen LogP contribution >= 0.6 is 0 Å². The smallest absolute Gasteiger partial charge is 0.123 e. The van der Waals surface area contributed by atoms with Crippen molar-refractivity contribution in [3.05, 3.63) is 35.6 Å². The Kier molecular flexibility index (Phi) is 10.2. The number of halogens is 1. The minimum atomic E-state index is -0.0896. The lowest BCUT2D eigenvalue weighted by molar-refractivity contribution is -0.00573. The van der Waals surface area contributed by atoms with Crippen LogP contribution in [0.5, 0.6) is 0 Å². The number of hydrogen-bond acceptors (Lipinski definition) is 2. The van der Waals surface area contributed by atoms with Gasteiger partial charge in [-0.15, -0.1) is 0 Å². The molecule has 1 aromatic rings. The summed E-state index contributed by atoms with van der Waals surface area (Å²) in [6.07, 6.45) is 12.5. The summed E-state index contributed by atoms with van der Waals surface area (Å²) in [6.45, 7) is 13.0. The summed E-state index contributed by atoms with van der Waals surface area (Å²) in [6, 6.07) is 7.61. The second-order valence-electron chi connectivity index (χ2n) is 11.2. The average Bonchev–Trinajstić information content (AvgIpc) is 3.31. The van der Waals surface area contributed by atoms with Crippen LogP contribution in [0.4, 0.5) is 4.39 Å². The lowest BCUT2D eigenvalue weighted by atomic mass is 9.56. The topological polar surface area (TPSA) is 12.5 Å². The predicted octanol–water partition coefficient (Wildman–Crippen LogP) is 7.85. The molecule has 188 valence electrons. The summed E-state index contributed by atoms with van der Waals surface area (Å²) in [5.41, 5.74) is 1.26. The standard InChI is InChI=1S/C30H50FNO/c1-6-17-30(26-11-9-12-27(31)21-26,28-13-10-14-29(28)33-5)25-15-18-32(19-16-25)22-24(8-3)20-23(4)7-2/h9,11-12,21,23-25,28-29H,6-8,10,13-20,22H2,1-5H3/t23?,24?,28-,29-,30-/m0/s1. The Morgan fingerprint density at radius 2 is 1.85 bits per heavy atom. The van der Waals surface area contributed by atoms with E-state index in [9.17, 15) is 4.39 Å². The summed E-state index contributed by atoms with van der Waals surface area (Å²) in [5, 5.41) is 0. The van der Waals surface area contributed by atoms with Crippen LogP contribution in [0.1, 0.15) is 97.5 Å². The van der Waals surface area contributed by atoms with E-state index in [0.29, 0.717) is 17.9 Å². The van der Waals surface area contributed by atoms with Gasteiger partial charge >= 0.3 is 0 Å². The Morgan fingerprint density at radius 1 is 1.09 bits per heavy atom. The van der Waals surface area contributed by atoms with E-state index in [1.54, 1.807) is 6.07 Å². The molecule has 1 heterocycles. The normalized spacial score (nSPS) is 26.2. The molecule has 1 aliphatic carbocycles. The third-order valence-electron chi connectivity index (χ3n) is 9.29. The maximum absolute atomic E-state index is 14.5. The molecule has 0 radical (unpaired) electrons. The van der Waals surface area contributed by atoms with Crippen molar-refractivity contribution in [3.63, 3.8) is 0 Å². The number of rotatable bonds is 12. The Bertz CT molecular complexity index is 700. The second-order valence-corrected chi connectivity index (χ2v) is 11.2. The number of piperidine rings is 1. The molecule has 2 unspecified atom stereocenters. The quantitative estimate of drug-likeness (QED) is 0.315. The fourth-order valence-corrected chi connectivity index (χ4v) is 7.38. The van der Waals surface area contributed by atoms with Crippen LogP contribution in [0.2, 0.25) is 0 Å². The lowest BCUT2D eigenvalue weighted by Crippen LogP contribution is -2.50. The molecule has 2 fully saturated rings. The zero-order valence-electron chi connectivity index (χ0n) is 22.1. The maximum atomic E-state index is 14.5. The van der Waals surface area contributed by atoms with Crippen LogP contribution in [-0.4, -0.2) is 37.7 Å². The molecule has 5 atom stereocenters. The molecule has 0 spiro atoms. The van der Waals surface area contributed by atoms with Gasteiger partial charge < -0.3 is 9.64 Å². The molecule has 0 N–H and O–H groups in total. The molecule has 2 nitrogen and oxygen atoms in total. The molecule has 3 rings (SSSR count). The van der Waals surface area contributed by atoms with Crippen LogP contribution < -0.4 is 0 Å². The molecule has 0 aromatic heterocycles. The third-order valence-corrected chi connectivity index (χ3v) is 9.29. The first kappa shape index (κ1) is 26.7. The van der Waals surface area contributed by atoms with Crippen molar-refractivity contribution in [1.29, 1.82) is 0 Å². The van der Waals surface area contributed by atoms with E-state index in [1.807, 2.05) is 19.2 Å². The number of hydrogen-bond donors (Lipinski definition) is 0. The molecule has 0 bridgehead atoms. The Labute approximate surface area is 203 Å². The SMILES string of the molecule is CCC[C@@](c1cccc(F)c1)(C1CCN(CC(CC)CC(C)CC)CC1)[C@H]1CCC[C@@H]1OC. The van der Waals surface area contributed by atoms with Crippen LogP contribution in [0.25, 0.3) is 0 Å². The third kappa shape index (κ3) is 6.20. The molecule has 1 aromatic carbocycles. The number of methoxy groups -OCH3 is 1. The van der Waals surface area contributed by atoms with E-state index < -0.39 is 0 Å². The summed E-state index contributed by atoms with van der Waals surface area (Å²) in [7, 11) is 1.88. The van der Waals surface area contributed by atoms with E-state index in [2.05, 4.69) is 38.7 Å². The number of ether oxygens (including phenoxy) is 1. The molecule has 1 saturated carbocycles. The van der Waals surface area contributed by atoms with Crippen molar-refractivity contribution in [1.82, 2.24) is 4.90 Å². The van der Waals surface area contributed by atoms with Gasteiger partial charge in [0.2, 0.25) is 0 Å². The van der Waals surface area contributed by atoms with Gasteiger partial charge in [-0.25, -0.2) is 4.39 Å². The molecular formula is C30H50FNO. The van der Waals surface area contributed by atoms with Crippen LogP contribution in [0.3, 0.4) is 0 Å². The Balaban J connectivity index is 1.82. The van der Waals surface area contributed by atoms with Gasteiger partial charge in [-0.1, -0.05) is 65.5 Å². The van der Waals surface area contributed by atoms with Gasteiger partial charge in [-0.05, 0) is 93.0 Å². The first-order chi connectivity index (χ1) is 16.0. The summed E-state index contributed by atoms with van der Waals surface area (Å²) in [4.78, 5) is 2.73. The molecule has 33 heavy (non-hydrogen) atoms. The van der Waals surface area contributed by atoms with Gasteiger partial charge in [0.15, 0.2) is 0 Å². The molecule has 1 saturated heterocycles. The highest BCUT2D eigenvalue weighted by atomic mass is 19.1.